The Morgan fingerprint density at radius 2 is 1.78 bits per heavy atom. The summed E-state index contributed by atoms with van der Waals surface area (Å²) in [5.74, 6) is -0.745. The smallest absolute Gasteiger partial charge is 0.319 e. The van der Waals surface area contributed by atoms with Crippen molar-refractivity contribution in [3.63, 3.8) is 0 Å². The van der Waals surface area contributed by atoms with E-state index < -0.39 is 17.8 Å². The molecule has 0 saturated heterocycles. The molecular formula is C20H23FN2O4. The average molecular weight is 374 g/mol. The zero-order valence-corrected chi connectivity index (χ0v) is 15.3. The van der Waals surface area contributed by atoms with E-state index in [-0.39, 0.29) is 24.8 Å². The third-order valence-electron chi connectivity index (χ3n) is 3.63. The number of amides is 2. The Morgan fingerprint density at radius 1 is 1.11 bits per heavy atom. The second-order valence-corrected chi connectivity index (χ2v) is 6.26. The zero-order chi connectivity index (χ0) is 19.8. The molecule has 0 atom stereocenters. The number of urea groups is 1. The van der Waals surface area contributed by atoms with Gasteiger partial charge in [0.05, 0.1) is 11.8 Å². The van der Waals surface area contributed by atoms with Gasteiger partial charge in [0.15, 0.2) is 0 Å². The van der Waals surface area contributed by atoms with E-state index in [4.69, 9.17) is 9.84 Å². The number of halogens is 1. The van der Waals surface area contributed by atoms with Crippen molar-refractivity contribution in [1.82, 2.24) is 5.32 Å². The van der Waals surface area contributed by atoms with E-state index in [2.05, 4.69) is 10.6 Å². The molecule has 0 saturated carbocycles. The van der Waals surface area contributed by atoms with Crippen molar-refractivity contribution in [3.05, 3.63) is 48.3 Å². The Labute approximate surface area is 157 Å². The number of carboxylic acids is 1. The number of carbonyl (C=O) groups is 2. The highest BCUT2D eigenvalue weighted by Gasteiger charge is 2.09. The fourth-order valence-corrected chi connectivity index (χ4v) is 2.40. The summed E-state index contributed by atoms with van der Waals surface area (Å²) in [6.45, 7) is 4.08. The summed E-state index contributed by atoms with van der Waals surface area (Å²) in [7, 11) is 0. The molecule has 0 unspecified atom stereocenters. The van der Waals surface area contributed by atoms with Crippen LogP contribution in [0.25, 0.3) is 11.1 Å². The minimum Gasteiger partial charge on any atom is -0.491 e. The summed E-state index contributed by atoms with van der Waals surface area (Å²) in [5, 5.41) is 13.4. The molecule has 2 amide bonds. The first-order valence-corrected chi connectivity index (χ1v) is 8.68. The van der Waals surface area contributed by atoms with Crippen molar-refractivity contribution >= 4 is 17.7 Å². The van der Waals surface area contributed by atoms with E-state index >= 15 is 0 Å². The highest BCUT2D eigenvalue weighted by atomic mass is 19.1. The molecule has 0 radical (unpaired) electrons. The molecule has 2 aromatic rings. The third kappa shape index (κ3) is 6.62. The first-order valence-electron chi connectivity index (χ1n) is 8.68. The van der Waals surface area contributed by atoms with Gasteiger partial charge in [0, 0.05) is 13.0 Å². The quantitative estimate of drug-likeness (QED) is 0.602. The van der Waals surface area contributed by atoms with Gasteiger partial charge in [-0.3, -0.25) is 4.79 Å². The van der Waals surface area contributed by atoms with E-state index in [0.717, 1.165) is 11.3 Å². The molecule has 0 fully saturated rings. The molecule has 2 rings (SSSR count). The molecule has 27 heavy (non-hydrogen) atoms. The molecule has 3 N–H and O–H groups in total. The van der Waals surface area contributed by atoms with Crippen LogP contribution in [0.4, 0.5) is 14.9 Å². The van der Waals surface area contributed by atoms with E-state index in [9.17, 15) is 14.0 Å². The lowest BCUT2D eigenvalue weighted by Gasteiger charge is -2.11. The number of aliphatic carboxylic acids is 1. The monoisotopic (exact) mass is 374 g/mol. The Balaban J connectivity index is 1.96. The number of hydrogen-bond donors (Lipinski definition) is 3. The maximum Gasteiger partial charge on any atom is 0.319 e. The summed E-state index contributed by atoms with van der Waals surface area (Å²) >= 11 is 0. The predicted molar refractivity (Wildman–Crippen MR) is 101 cm³/mol. The number of anilines is 1. The zero-order valence-electron chi connectivity index (χ0n) is 15.3. The number of ether oxygens (including phenoxy) is 1. The van der Waals surface area contributed by atoms with E-state index in [0.29, 0.717) is 12.0 Å². The molecule has 2 aromatic carbocycles. The second-order valence-electron chi connectivity index (χ2n) is 6.26. The van der Waals surface area contributed by atoms with E-state index in [1.807, 2.05) is 38.1 Å². The van der Waals surface area contributed by atoms with Crippen LogP contribution in [0.3, 0.4) is 0 Å². The minimum atomic E-state index is -0.928. The molecule has 144 valence electrons. The largest absolute Gasteiger partial charge is 0.491 e. The topological polar surface area (TPSA) is 87.7 Å². The van der Waals surface area contributed by atoms with Crippen molar-refractivity contribution in [2.45, 2.75) is 32.8 Å². The van der Waals surface area contributed by atoms with Gasteiger partial charge in [0.1, 0.15) is 11.6 Å². The van der Waals surface area contributed by atoms with Crippen molar-refractivity contribution in [3.8, 4) is 16.9 Å². The van der Waals surface area contributed by atoms with Gasteiger partial charge in [0.25, 0.3) is 0 Å². The van der Waals surface area contributed by atoms with Crippen molar-refractivity contribution in [1.29, 1.82) is 0 Å². The fraction of sp³-hybridized carbons (Fsp3) is 0.300. The molecule has 0 heterocycles. The lowest BCUT2D eigenvalue weighted by molar-refractivity contribution is -0.137. The second kappa shape index (κ2) is 9.56. The summed E-state index contributed by atoms with van der Waals surface area (Å²) in [5.41, 5.74) is 1.56. The highest BCUT2D eigenvalue weighted by molar-refractivity contribution is 5.89. The predicted octanol–water partition coefficient (Wildman–Crippen LogP) is 4.27. The number of hydrogen-bond acceptors (Lipinski definition) is 3. The molecule has 0 bridgehead atoms. The van der Waals surface area contributed by atoms with Crippen LogP contribution in [0.2, 0.25) is 0 Å². The number of rotatable bonds is 8. The average Bonchev–Trinajstić information content (AvgIpc) is 2.60. The number of carboxylic acid groups (broad SMARTS) is 1. The van der Waals surface area contributed by atoms with Crippen LogP contribution in [0.5, 0.6) is 5.75 Å². The van der Waals surface area contributed by atoms with Gasteiger partial charge in [-0.2, -0.15) is 0 Å². The van der Waals surface area contributed by atoms with Gasteiger partial charge in [0.2, 0.25) is 0 Å². The summed E-state index contributed by atoms with van der Waals surface area (Å²) in [6.07, 6.45) is 0.347. The number of nitrogens with one attached hydrogen (secondary N) is 2. The Kier molecular flexibility index (Phi) is 7.16. The Morgan fingerprint density at radius 3 is 2.37 bits per heavy atom. The highest BCUT2D eigenvalue weighted by Crippen LogP contribution is 2.26. The first-order chi connectivity index (χ1) is 12.8. The lowest BCUT2D eigenvalue weighted by atomic mass is 10.0. The molecule has 0 spiro atoms. The maximum absolute atomic E-state index is 14.3. The molecular weight excluding hydrogens is 351 g/mol. The molecule has 6 nitrogen and oxygen atoms in total. The number of benzene rings is 2. The van der Waals surface area contributed by atoms with Gasteiger partial charge in [-0.1, -0.05) is 18.2 Å². The fourth-order valence-electron chi connectivity index (χ4n) is 2.40. The number of carbonyl (C=O) groups excluding carboxylic acids is 1. The van der Waals surface area contributed by atoms with Gasteiger partial charge in [-0.25, -0.2) is 9.18 Å². The first kappa shape index (κ1) is 20.2. The van der Waals surface area contributed by atoms with Crippen molar-refractivity contribution in [2.24, 2.45) is 0 Å². The van der Waals surface area contributed by atoms with Crippen LogP contribution in [-0.4, -0.2) is 29.8 Å². The van der Waals surface area contributed by atoms with E-state index in [1.54, 1.807) is 6.07 Å². The van der Waals surface area contributed by atoms with Crippen LogP contribution in [-0.2, 0) is 4.79 Å². The molecule has 0 aliphatic carbocycles. The molecule has 7 heteroatoms. The van der Waals surface area contributed by atoms with Gasteiger partial charge >= 0.3 is 12.0 Å². The minimum absolute atomic E-state index is 0.0374. The van der Waals surface area contributed by atoms with Gasteiger partial charge < -0.3 is 20.5 Å². The Hall–Kier alpha value is -3.09. The molecule has 0 aromatic heterocycles. The van der Waals surface area contributed by atoms with Crippen LogP contribution in [0.1, 0.15) is 26.7 Å². The molecule has 0 aliphatic heterocycles. The lowest BCUT2D eigenvalue weighted by Crippen LogP contribution is -2.30. The van der Waals surface area contributed by atoms with E-state index in [1.165, 1.54) is 12.1 Å². The Bertz CT molecular complexity index is 791. The summed E-state index contributed by atoms with van der Waals surface area (Å²) in [6, 6.07) is 11.3. The van der Waals surface area contributed by atoms with Crippen LogP contribution in [0.15, 0.2) is 42.5 Å². The van der Waals surface area contributed by atoms with Crippen molar-refractivity contribution in [2.75, 3.05) is 11.9 Å². The van der Waals surface area contributed by atoms with Gasteiger partial charge in [-0.15, -0.1) is 0 Å². The summed E-state index contributed by atoms with van der Waals surface area (Å²) < 4.78 is 19.9. The maximum atomic E-state index is 14.3. The standard InChI is InChI=1S/C20H23FN2O4/c1-13(2)27-16-8-5-14(6-9-16)15-7-10-18(17(21)12-15)23-20(26)22-11-3-4-19(24)25/h5-10,12-13H,3-4,11H2,1-2H3,(H,24,25)(H2,22,23,26). The van der Waals surface area contributed by atoms with Crippen LogP contribution in [0, 0.1) is 5.82 Å². The molecule has 0 aliphatic rings. The van der Waals surface area contributed by atoms with Crippen LogP contribution >= 0.6 is 0 Å². The normalized spacial score (nSPS) is 10.5. The van der Waals surface area contributed by atoms with Crippen molar-refractivity contribution < 1.29 is 23.8 Å². The third-order valence-corrected chi connectivity index (χ3v) is 3.63. The van der Waals surface area contributed by atoms with Gasteiger partial charge in [-0.05, 0) is 55.7 Å². The summed E-state index contributed by atoms with van der Waals surface area (Å²) in [4.78, 5) is 22.1. The SMILES string of the molecule is CC(C)Oc1ccc(-c2ccc(NC(=O)NCCCC(=O)O)c(F)c2)cc1. The van der Waals surface area contributed by atoms with Crippen LogP contribution < -0.4 is 15.4 Å².